The van der Waals surface area contributed by atoms with Crippen molar-refractivity contribution in [2.75, 3.05) is 0 Å². The third-order valence-electron chi connectivity index (χ3n) is 6.12. The van der Waals surface area contributed by atoms with Gasteiger partial charge in [-0.15, -0.1) is 0 Å². The number of hydrogen-bond donors (Lipinski definition) is 3. The van der Waals surface area contributed by atoms with Crippen molar-refractivity contribution in [3.8, 4) is 16.9 Å². The van der Waals surface area contributed by atoms with Crippen LogP contribution in [-0.4, -0.2) is 16.1 Å². The molecule has 2 aromatic heterocycles. The molecule has 1 saturated carbocycles. The number of aromatic amines is 1. The van der Waals surface area contributed by atoms with Crippen molar-refractivity contribution in [1.82, 2.24) is 4.98 Å². The molecule has 5 heteroatoms. The van der Waals surface area contributed by atoms with E-state index in [0.29, 0.717) is 11.3 Å². The number of nitrogens with two attached hydrogens (primary N) is 1. The second kappa shape index (κ2) is 6.47. The van der Waals surface area contributed by atoms with E-state index in [0.717, 1.165) is 45.8 Å². The molecule has 2 heterocycles. The lowest BCUT2D eigenvalue weighted by molar-refractivity contribution is 0.477. The standard InChI is InChI=1S/C23H22N2O2S/c1-12-9-19(26)20(21-16-10-28-11-17(16)23(27)25-22(12)21)14-7-5-13(6-8-14)15-3-2-4-18(15)24/h5-11,15,18,26H,2-4,24H2,1H3,(H,25,27). The van der Waals surface area contributed by atoms with Crippen LogP contribution in [0.15, 0.2) is 45.9 Å². The zero-order chi connectivity index (χ0) is 19.4. The highest BCUT2D eigenvalue weighted by molar-refractivity contribution is 7.09. The monoisotopic (exact) mass is 390 g/mol. The second-order valence-corrected chi connectivity index (χ2v) is 8.56. The average Bonchev–Trinajstić information content (AvgIpc) is 3.33. The molecular weight excluding hydrogens is 368 g/mol. The molecule has 142 valence electrons. The first-order valence-corrected chi connectivity index (χ1v) is 10.6. The van der Waals surface area contributed by atoms with Gasteiger partial charge in [-0.3, -0.25) is 4.79 Å². The number of phenolic OH excluding ortho intramolecular Hbond substituents is 1. The van der Waals surface area contributed by atoms with Crippen molar-refractivity contribution < 1.29 is 5.11 Å². The molecule has 2 aromatic carbocycles. The normalized spacial score (nSPS) is 19.6. The van der Waals surface area contributed by atoms with Crippen LogP contribution in [0, 0.1) is 6.92 Å². The van der Waals surface area contributed by atoms with Gasteiger partial charge in [0, 0.05) is 27.8 Å². The van der Waals surface area contributed by atoms with Gasteiger partial charge >= 0.3 is 0 Å². The topological polar surface area (TPSA) is 79.1 Å². The van der Waals surface area contributed by atoms with E-state index in [9.17, 15) is 9.90 Å². The summed E-state index contributed by atoms with van der Waals surface area (Å²) in [5.74, 6) is 0.646. The number of fused-ring (bicyclic) bond motifs is 3. The van der Waals surface area contributed by atoms with Gasteiger partial charge in [0.05, 0.1) is 10.9 Å². The van der Waals surface area contributed by atoms with E-state index in [2.05, 4.69) is 29.2 Å². The highest BCUT2D eigenvalue weighted by Crippen LogP contribution is 2.42. The Morgan fingerprint density at radius 2 is 1.89 bits per heavy atom. The third-order valence-corrected chi connectivity index (χ3v) is 6.86. The number of rotatable bonds is 2. The van der Waals surface area contributed by atoms with Crippen LogP contribution in [0.3, 0.4) is 0 Å². The number of nitrogens with one attached hydrogen (secondary N) is 1. The van der Waals surface area contributed by atoms with Gasteiger partial charge in [0.25, 0.3) is 5.56 Å². The molecule has 4 N–H and O–H groups in total. The van der Waals surface area contributed by atoms with Crippen LogP contribution < -0.4 is 11.3 Å². The number of hydrogen-bond acceptors (Lipinski definition) is 4. The second-order valence-electron chi connectivity index (χ2n) is 7.81. The van der Waals surface area contributed by atoms with Crippen LogP contribution >= 0.6 is 11.3 Å². The van der Waals surface area contributed by atoms with Gasteiger partial charge < -0.3 is 15.8 Å². The molecule has 0 aliphatic heterocycles. The lowest BCUT2D eigenvalue weighted by Gasteiger charge is -2.17. The maximum atomic E-state index is 12.4. The minimum absolute atomic E-state index is 0.0888. The number of aryl methyl sites for hydroxylation is 1. The minimum atomic E-state index is -0.0888. The fourth-order valence-corrected chi connectivity index (χ4v) is 5.49. The molecule has 0 bridgehead atoms. The molecule has 0 radical (unpaired) electrons. The highest BCUT2D eigenvalue weighted by atomic mass is 32.1. The Balaban J connectivity index is 1.75. The maximum Gasteiger partial charge on any atom is 0.257 e. The SMILES string of the molecule is Cc1cc(O)c(-c2ccc(C3CCCC3N)cc2)c2c1[nH]c(=O)c1cscc12. The predicted octanol–water partition coefficient (Wildman–Crippen LogP) is 5.02. The van der Waals surface area contributed by atoms with Crippen LogP contribution in [0.5, 0.6) is 5.75 Å². The summed E-state index contributed by atoms with van der Waals surface area (Å²) in [4.78, 5) is 15.4. The van der Waals surface area contributed by atoms with E-state index in [4.69, 9.17) is 5.73 Å². The minimum Gasteiger partial charge on any atom is -0.507 e. The van der Waals surface area contributed by atoms with E-state index < -0.39 is 0 Å². The fourth-order valence-electron chi connectivity index (χ4n) is 4.67. The smallest absolute Gasteiger partial charge is 0.257 e. The molecule has 0 amide bonds. The summed E-state index contributed by atoms with van der Waals surface area (Å²) in [6.07, 6.45) is 3.40. The van der Waals surface area contributed by atoms with E-state index in [-0.39, 0.29) is 17.4 Å². The van der Waals surface area contributed by atoms with Crippen LogP contribution in [0.25, 0.3) is 32.8 Å². The van der Waals surface area contributed by atoms with Crippen molar-refractivity contribution in [1.29, 1.82) is 0 Å². The Hall–Kier alpha value is -2.63. The Morgan fingerprint density at radius 1 is 1.14 bits per heavy atom. The number of benzene rings is 2. The highest BCUT2D eigenvalue weighted by Gasteiger charge is 2.25. The summed E-state index contributed by atoms with van der Waals surface area (Å²) >= 11 is 1.50. The van der Waals surface area contributed by atoms with E-state index in [1.54, 1.807) is 6.07 Å². The summed E-state index contributed by atoms with van der Waals surface area (Å²) in [6.45, 7) is 1.91. The number of aromatic nitrogens is 1. The van der Waals surface area contributed by atoms with Gasteiger partial charge in [-0.1, -0.05) is 30.7 Å². The Bertz CT molecular complexity index is 1250. The molecule has 1 aliphatic carbocycles. The van der Waals surface area contributed by atoms with Crippen molar-refractivity contribution >= 4 is 33.0 Å². The van der Waals surface area contributed by atoms with Crippen LogP contribution in [0.4, 0.5) is 0 Å². The summed E-state index contributed by atoms with van der Waals surface area (Å²) in [7, 11) is 0. The largest absolute Gasteiger partial charge is 0.507 e. The molecule has 1 aliphatic rings. The van der Waals surface area contributed by atoms with Gasteiger partial charge in [-0.05, 0) is 53.8 Å². The van der Waals surface area contributed by atoms with Crippen molar-refractivity contribution in [2.45, 2.75) is 38.1 Å². The van der Waals surface area contributed by atoms with Gasteiger partial charge in [0.15, 0.2) is 0 Å². The van der Waals surface area contributed by atoms with Crippen molar-refractivity contribution in [2.24, 2.45) is 5.73 Å². The quantitative estimate of drug-likeness (QED) is 0.450. The molecule has 0 spiro atoms. The molecule has 4 aromatic rings. The third kappa shape index (κ3) is 2.58. The Kier molecular flexibility index (Phi) is 4.03. The Labute approximate surface area is 166 Å². The zero-order valence-electron chi connectivity index (χ0n) is 15.7. The van der Waals surface area contributed by atoms with E-state index in [1.807, 2.05) is 17.7 Å². The predicted molar refractivity (Wildman–Crippen MR) is 116 cm³/mol. The summed E-state index contributed by atoms with van der Waals surface area (Å²) in [6, 6.07) is 10.3. The van der Waals surface area contributed by atoms with Crippen molar-refractivity contribution in [3.63, 3.8) is 0 Å². The Morgan fingerprint density at radius 3 is 2.61 bits per heavy atom. The molecule has 4 nitrogen and oxygen atoms in total. The molecule has 1 fully saturated rings. The maximum absolute atomic E-state index is 12.4. The van der Waals surface area contributed by atoms with E-state index in [1.165, 1.54) is 23.3 Å². The van der Waals surface area contributed by atoms with Gasteiger partial charge in [-0.25, -0.2) is 0 Å². The zero-order valence-corrected chi connectivity index (χ0v) is 16.5. The summed E-state index contributed by atoms with van der Waals surface area (Å²) in [5.41, 5.74) is 10.8. The molecule has 2 unspecified atom stereocenters. The van der Waals surface area contributed by atoms with Gasteiger partial charge in [-0.2, -0.15) is 11.3 Å². The number of phenols is 1. The molecule has 28 heavy (non-hydrogen) atoms. The van der Waals surface area contributed by atoms with Crippen LogP contribution in [0.2, 0.25) is 0 Å². The number of pyridine rings is 1. The lowest BCUT2D eigenvalue weighted by atomic mass is 9.90. The number of aromatic hydroxyl groups is 1. The summed E-state index contributed by atoms with van der Waals surface area (Å²) < 4.78 is 0. The summed E-state index contributed by atoms with van der Waals surface area (Å²) in [5, 5.41) is 17.1. The average molecular weight is 391 g/mol. The van der Waals surface area contributed by atoms with Crippen LogP contribution in [-0.2, 0) is 0 Å². The van der Waals surface area contributed by atoms with Gasteiger partial charge in [0.2, 0.25) is 0 Å². The molecule has 0 saturated heterocycles. The number of H-pyrrole nitrogens is 1. The molecule has 5 rings (SSSR count). The van der Waals surface area contributed by atoms with E-state index >= 15 is 0 Å². The number of thiophene rings is 1. The first-order valence-electron chi connectivity index (χ1n) is 9.65. The molecule has 2 atom stereocenters. The van der Waals surface area contributed by atoms with Crippen LogP contribution in [0.1, 0.15) is 36.3 Å². The van der Waals surface area contributed by atoms with Gasteiger partial charge in [0.1, 0.15) is 5.75 Å². The van der Waals surface area contributed by atoms with Crippen molar-refractivity contribution in [3.05, 3.63) is 62.6 Å². The first-order chi connectivity index (χ1) is 13.5. The fraction of sp³-hybridized carbons (Fsp3) is 0.261. The first kappa shape index (κ1) is 17.5. The lowest BCUT2D eigenvalue weighted by Crippen LogP contribution is -2.22. The molecular formula is C23H22N2O2S.